The van der Waals surface area contributed by atoms with E-state index in [2.05, 4.69) is 27.7 Å². The first kappa shape index (κ1) is 23.9. The Morgan fingerprint density at radius 1 is 0.935 bits per heavy atom. The van der Waals surface area contributed by atoms with Gasteiger partial charge in [-0.25, -0.2) is 0 Å². The summed E-state index contributed by atoms with van der Waals surface area (Å²) in [5.74, 6) is 3.98. The molecule has 0 heterocycles. The summed E-state index contributed by atoms with van der Waals surface area (Å²) in [6.07, 6.45) is 7.98. The smallest absolute Gasteiger partial charge is 0.389 e. The molecule has 0 aliphatic heterocycles. The Labute approximate surface area is 187 Å². The highest BCUT2D eigenvalue weighted by atomic mass is 19.4. The third kappa shape index (κ3) is 4.21. The largest absolute Gasteiger partial charge is 0.390 e. The summed E-state index contributed by atoms with van der Waals surface area (Å²) in [6.45, 7) is 9.40. The third-order valence-corrected chi connectivity index (χ3v) is 11.4. The molecule has 0 aromatic carbocycles. The number of rotatable bonds is 5. The second kappa shape index (κ2) is 8.20. The van der Waals surface area contributed by atoms with Crippen LogP contribution in [0.4, 0.5) is 13.2 Å². The maximum absolute atomic E-state index is 12.6. The van der Waals surface area contributed by atoms with Gasteiger partial charge in [0.15, 0.2) is 0 Å². The molecular formula is C27H45F3O. The van der Waals surface area contributed by atoms with Crippen molar-refractivity contribution in [2.45, 2.75) is 123 Å². The molecule has 4 aliphatic carbocycles. The fourth-order valence-electron chi connectivity index (χ4n) is 9.44. The summed E-state index contributed by atoms with van der Waals surface area (Å²) in [6, 6.07) is 0. The summed E-state index contributed by atoms with van der Waals surface area (Å²) in [4.78, 5) is 0. The van der Waals surface area contributed by atoms with Gasteiger partial charge in [0.25, 0.3) is 0 Å². The predicted octanol–water partition coefficient (Wildman–Crippen LogP) is 8.16. The Hall–Kier alpha value is -0.250. The number of hydrogen-bond acceptors (Lipinski definition) is 1. The molecule has 4 heteroatoms. The molecule has 9 atom stereocenters. The molecule has 4 fully saturated rings. The molecule has 0 radical (unpaired) electrons. The zero-order valence-corrected chi connectivity index (χ0v) is 20.2. The quantitative estimate of drug-likeness (QED) is 0.455. The van der Waals surface area contributed by atoms with Gasteiger partial charge in [-0.2, -0.15) is 13.2 Å². The SMILES string of the molecule is CC[C@]1(O)CC[C@@]2(C)C(CC[C@H]3[C@@H]4CC[C@H]([C@H](C)CCCC(F)(F)F)C4(C)CC[C@@H]32)C1. The lowest BCUT2D eigenvalue weighted by Crippen LogP contribution is -2.56. The van der Waals surface area contributed by atoms with Crippen LogP contribution >= 0.6 is 0 Å². The van der Waals surface area contributed by atoms with E-state index in [1.54, 1.807) is 0 Å². The first-order chi connectivity index (χ1) is 14.4. The molecule has 0 amide bonds. The number of fused-ring (bicyclic) bond motifs is 5. The van der Waals surface area contributed by atoms with Crippen molar-refractivity contribution >= 4 is 0 Å². The van der Waals surface area contributed by atoms with Gasteiger partial charge in [-0.1, -0.05) is 34.1 Å². The topological polar surface area (TPSA) is 20.2 Å². The van der Waals surface area contributed by atoms with Crippen molar-refractivity contribution in [1.82, 2.24) is 0 Å². The van der Waals surface area contributed by atoms with Crippen molar-refractivity contribution in [3.63, 3.8) is 0 Å². The van der Waals surface area contributed by atoms with Gasteiger partial charge in [0.05, 0.1) is 5.60 Å². The van der Waals surface area contributed by atoms with Crippen LogP contribution in [0.15, 0.2) is 0 Å². The summed E-state index contributed by atoms with van der Waals surface area (Å²) in [5, 5.41) is 11.0. The van der Waals surface area contributed by atoms with E-state index in [9.17, 15) is 18.3 Å². The highest BCUT2D eigenvalue weighted by Crippen LogP contribution is 2.69. The molecule has 1 N–H and O–H groups in total. The van der Waals surface area contributed by atoms with Crippen LogP contribution < -0.4 is 0 Å². The van der Waals surface area contributed by atoms with Gasteiger partial charge in [0.1, 0.15) is 0 Å². The van der Waals surface area contributed by atoms with E-state index >= 15 is 0 Å². The summed E-state index contributed by atoms with van der Waals surface area (Å²) >= 11 is 0. The van der Waals surface area contributed by atoms with Crippen molar-refractivity contribution in [1.29, 1.82) is 0 Å². The van der Waals surface area contributed by atoms with Crippen molar-refractivity contribution in [3.8, 4) is 0 Å². The Morgan fingerprint density at radius 2 is 1.65 bits per heavy atom. The molecule has 4 saturated carbocycles. The molecule has 4 rings (SSSR count). The Morgan fingerprint density at radius 3 is 2.32 bits per heavy atom. The van der Waals surface area contributed by atoms with Crippen molar-refractivity contribution < 1.29 is 18.3 Å². The van der Waals surface area contributed by atoms with Crippen LogP contribution in [0.3, 0.4) is 0 Å². The van der Waals surface area contributed by atoms with E-state index in [0.29, 0.717) is 28.6 Å². The maximum Gasteiger partial charge on any atom is 0.389 e. The lowest BCUT2D eigenvalue weighted by Gasteiger charge is -2.62. The summed E-state index contributed by atoms with van der Waals surface area (Å²) in [5.41, 5.74) is 0.257. The third-order valence-electron chi connectivity index (χ3n) is 11.4. The predicted molar refractivity (Wildman–Crippen MR) is 120 cm³/mol. The van der Waals surface area contributed by atoms with E-state index in [-0.39, 0.29) is 6.42 Å². The van der Waals surface area contributed by atoms with Gasteiger partial charge in [-0.15, -0.1) is 0 Å². The molecule has 0 aromatic rings. The molecule has 31 heavy (non-hydrogen) atoms. The fraction of sp³-hybridized carbons (Fsp3) is 1.00. The normalized spacial score (nSPS) is 48.6. The maximum atomic E-state index is 12.6. The van der Waals surface area contributed by atoms with E-state index in [1.807, 2.05) is 0 Å². The van der Waals surface area contributed by atoms with E-state index in [0.717, 1.165) is 43.4 Å². The molecule has 0 aromatic heterocycles. The van der Waals surface area contributed by atoms with Crippen LogP contribution in [-0.4, -0.2) is 16.9 Å². The van der Waals surface area contributed by atoms with Crippen LogP contribution in [0.2, 0.25) is 0 Å². The van der Waals surface area contributed by atoms with E-state index in [1.165, 1.54) is 44.9 Å². The number of hydrogen-bond donors (Lipinski definition) is 1. The molecule has 1 nitrogen and oxygen atoms in total. The van der Waals surface area contributed by atoms with Crippen LogP contribution in [-0.2, 0) is 0 Å². The van der Waals surface area contributed by atoms with Gasteiger partial charge in [0, 0.05) is 6.42 Å². The van der Waals surface area contributed by atoms with Crippen LogP contribution in [0.25, 0.3) is 0 Å². The molecule has 4 aliphatic rings. The molecule has 2 unspecified atom stereocenters. The average Bonchev–Trinajstić information content (AvgIpc) is 3.05. The first-order valence-electron chi connectivity index (χ1n) is 13.2. The highest BCUT2D eigenvalue weighted by molar-refractivity contribution is 5.10. The number of alkyl halides is 3. The molecule has 180 valence electrons. The monoisotopic (exact) mass is 442 g/mol. The fourth-order valence-corrected chi connectivity index (χ4v) is 9.44. The van der Waals surface area contributed by atoms with Crippen molar-refractivity contribution in [3.05, 3.63) is 0 Å². The molecule has 0 saturated heterocycles. The van der Waals surface area contributed by atoms with Crippen molar-refractivity contribution in [2.75, 3.05) is 0 Å². The zero-order valence-electron chi connectivity index (χ0n) is 20.2. The average molecular weight is 443 g/mol. The van der Waals surface area contributed by atoms with Gasteiger partial charge in [-0.05, 0) is 117 Å². The van der Waals surface area contributed by atoms with Crippen LogP contribution in [0, 0.1) is 46.3 Å². The zero-order chi connectivity index (χ0) is 22.7. The van der Waals surface area contributed by atoms with Crippen LogP contribution in [0.5, 0.6) is 0 Å². The van der Waals surface area contributed by atoms with Gasteiger partial charge in [0.2, 0.25) is 0 Å². The minimum Gasteiger partial charge on any atom is -0.390 e. The van der Waals surface area contributed by atoms with Gasteiger partial charge >= 0.3 is 6.18 Å². The molecular weight excluding hydrogens is 397 g/mol. The summed E-state index contributed by atoms with van der Waals surface area (Å²) in [7, 11) is 0. The minimum atomic E-state index is -4.02. The lowest BCUT2D eigenvalue weighted by atomic mass is 9.43. The van der Waals surface area contributed by atoms with Crippen molar-refractivity contribution in [2.24, 2.45) is 46.3 Å². The second-order valence-electron chi connectivity index (χ2n) is 12.7. The van der Waals surface area contributed by atoms with E-state index in [4.69, 9.17) is 0 Å². The van der Waals surface area contributed by atoms with Crippen LogP contribution in [0.1, 0.15) is 111 Å². The minimum absolute atomic E-state index is 0.286. The summed E-state index contributed by atoms with van der Waals surface area (Å²) < 4.78 is 37.9. The molecule has 0 bridgehead atoms. The Bertz CT molecular complexity index is 647. The lowest BCUT2D eigenvalue weighted by molar-refractivity contribution is -0.153. The standard InChI is InChI=1S/C27H45F3O/c1-5-26(31)16-15-24(3)19(17-26)8-9-20-22-11-10-21(25(22,4)14-12-23(20)24)18(2)7-6-13-27(28,29)30/h18-23,31H,5-17H2,1-4H3/t18-,19?,20+,21-,22+,23+,24+,25?,26+/m1/s1. The number of halogens is 3. The number of aliphatic hydroxyl groups is 1. The molecule has 0 spiro atoms. The van der Waals surface area contributed by atoms with E-state index < -0.39 is 18.2 Å². The Kier molecular flexibility index (Phi) is 6.32. The van der Waals surface area contributed by atoms with Gasteiger partial charge in [-0.3, -0.25) is 0 Å². The van der Waals surface area contributed by atoms with Gasteiger partial charge < -0.3 is 5.11 Å². The second-order valence-corrected chi connectivity index (χ2v) is 12.7. The highest BCUT2D eigenvalue weighted by Gasteiger charge is 2.61. The Balaban J connectivity index is 1.45. The first-order valence-corrected chi connectivity index (χ1v) is 13.2.